The van der Waals surface area contributed by atoms with Gasteiger partial charge in [-0.1, -0.05) is 36.1 Å². The molecule has 0 aromatic heterocycles. The highest BCUT2D eigenvalue weighted by Gasteiger charge is 2.02. The van der Waals surface area contributed by atoms with Crippen molar-refractivity contribution in [3.8, 4) is 23.7 Å². The first-order valence-corrected chi connectivity index (χ1v) is 6.64. The fraction of sp³-hybridized carbons (Fsp3) is 0.167. The van der Waals surface area contributed by atoms with Crippen molar-refractivity contribution >= 4 is 0 Å². The van der Waals surface area contributed by atoms with Gasteiger partial charge in [0.1, 0.15) is 18.4 Å². The number of nitriles is 1. The lowest BCUT2D eigenvalue weighted by Gasteiger charge is -2.07. The largest absolute Gasteiger partial charge is 0.488 e. The summed E-state index contributed by atoms with van der Waals surface area (Å²) in [5, 5.41) is 17.7. The van der Waals surface area contributed by atoms with Crippen molar-refractivity contribution in [2.24, 2.45) is 0 Å². The van der Waals surface area contributed by atoms with Crippen LogP contribution in [0.15, 0.2) is 48.5 Å². The number of para-hydroxylation sites is 1. The number of aliphatic hydroxyl groups is 1. The lowest BCUT2D eigenvalue weighted by molar-refractivity contribution is 0.305. The van der Waals surface area contributed by atoms with Crippen LogP contribution in [0.3, 0.4) is 0 Å². The van der Waals surface area contributed by atoms with Gasteiger partial charge in [0.05, 0.1) is 12.2 Å². The van der Waals surface area contributed by atoms with Crippen LogP contribution in [0.1, 0.15) is 23.1 Å². The molecule has 0 saturated heterocycles. The summed E-state index contributed by atoms with van der Waals surface area (Å²) in [7, 11) is 0. The van der Waals surface area contributed by atoms with Crippen LogP contribution in [0.5, 0.6) is 5.75 Å². The zero-order valence-electron chi connectivity index (χ0n) is 11.5. The monoisotopic (exact) mass is 277 g/mol. The van der Waals surface area contributed by atoms with Crippen LogP contribution >= 0.6 is 0 Å². The Kier molecular flexibility index (Phi) is 5.41. The summed E-state index contributed by atoms with van der Waals surface area (Å²) in [6.07, 6.45) is 0.482. The SMILES string of the molecule is N#Cc1ccccc1OCc1ccc(C#CCCO)cc1. The van der Waals surface area contributed by atoms with Crippen molar-refractivity contribution in [2.75, 3.05) is 6.61 Å². The van der Waals surface area contributed by atoms with Crippen molar-refractivity contribution in [3.05, 3.63) is 65.2 Å². The van der Waals surface area contributed by atoms with E-state index in [1.807, 2.05) is 36.4 Å². The minimum Gasteiger partial charge on any atom is -0.488 e. The molecular weight excluding hydrogens is 262 g/mol. The summed E-state index contributed by atoms with van der Waals surface area (Å²) in [6, 6.07) is 17.0. The lowest BCUT2D eigenvalue weighted by Crippen LogP contribution is -1.97. The molecule has 0 amide bonds. The molecule has 0 fully saturated rings. The van der Waals surface area contributed by atoms with E-state index in [4.69, 9.17) is 15.1 Å². The van der Waals surface area contributed by atoms with Crippen molar-refractivity contribution < 1.29 is 9.84 Å². The maximum Gasteiger partial charge on any atom is 0.137 e. The quantitative estimate of drug-likeness (QED) is 0.874. The molecular formula is C18H15NO2. The van der Waals surface area contributed by atoms with Crippen molar-refractivity contribution in [2.45, 2.75) is 13.0 Å². The molecule has 0 saturated carbocycles. The summed E-state index contributed by atoms with van der Waals surface area (Å²) < 4.78 is 5.66. The number of nitrogens with zero attached hydrogens (tertiary/aromatic N) is 1. The van der Waals surface area contributed by atoms with E-state index >= 15 is 0 Å². The third kappa shape index (κ3) is 4.38. The van der Waals surface area contributed by atoms with Crippen LogP contribution in [0.2, 0.25) is 0 Å². The highest BCUT2D eigenvalue weighted by atomic mass is 16.5. The molecule has 0 radical (unpaired) electrons. The normalized spacial score (nSPS) is 9.33. The Bertz CT molecular complexity index is 688. The first-order valence-electron chi connectivity index (χ1n) is 6.64. The number of benzene rings is 2. The summed E-state index contributed by atoms with van der Waals surface area (Å²) in [5.41, 5.74) is 2.45. The molecule has 0 heterocycles. The fourth-order valence-corrected chi connectivity index (χ4v) is 1.75. The Hall–Kier alpha value is -2.75. The summed E-state index contributed by atoms with van der Waals surface area (Å²) in [5.74, 6) is 6.44. The average Bonchev–Trinajstić information content (AvgIpc) is 2.54. The van der Waals surface area contributed by atoms with Gasteiger partial charge in [0.2, 0.25) is 0 Å². The Labute approximate surface area is 124 Å². The highest BCUT2D eigenvalue weighted by Crippen LogP contribution is 2.18. The second-order valence-electron chi connectivity index (χ2n) is 4.37. The van der Waals surface area contributed by atoms with E-state index in [9.17, 15) is 0 Å². The Morgan fingerprint density at radius 1 is 1.05 bits per heavy atom. The Morgan fingerprint density at radius 3 is 2.52 bits per heavy atom. The van der Waals surface area contributed by atoms with Crippen molar-refractivity contribution in [3.63, 3.8) is 0 Å². The second kappa shape index (κ2) is 7.75. The van der Waals surface area contributed by atoms with Gasteiger partial charge >= 0.3 is 0 Å². The molecule has 0 atom stereocenters. The molecule has 1 N–H and O–H groups in total. The van der Waals surface area contributed by atoms with E-state index in [0.717, 1.165) is 11.1 Å². The molecule has 2 aromatic carbocycles. The van der Waals surface area contributed by atoms with Crippen LogP contribution in [-0.2, 0) is 6.61 Å². The van der Waals surface area contributed by atoms with E-state index in [0.29, 0.717) is 24.3 Å². The number of hydrogen-bond donors (Lipinski definition) is 1. The van der Waals surface area contributed by atoms with Crippen LogP contribution in [0.25, 0.3) is 0 Å². The first-order chi connectivity index (χ1) is 10.3. The first kappa shape index (κ1) is 14.7. The molecule has 0 spiro atoms. The third-order valence-electron chi connectivity index (χ3n) is 2.83. The summed E-state index contributed by atoms with van der Waals surface area (Å²) in [6.45, 7) is 0.486. The van der Waals surface area contributed by atoms with E-state index in [1.165, 1.54) is 0 Å². The van der Waals surface area contributed by atoms with Crippen molar-refractivity contribution in [1.29, 1.82) is 5.26 Å². The summed E-state index contributed by atoms with van der Waals surface area (Å²) >= 11 is 0. The smallest absolute Gasteiger partial charge is 0.137 e. The minimum atomic E-state index is 0.0806. The molecule has 3 heteroatoms. The number of ether oxygens (including phenoxy) is 1. The third-order valence-corrected chi connectivity index (χ3v) is 2.83. The zero-order valence-corrected chi connectivity index (χ0v) is 11.5. The Balaban J connectivity index is 1.98. The molecule has 21 heavy (non-hydrogen) atoms. The van der Waals surface area contributed by atoms with Gasteiger partial charge in [-0.2, -0.15) is 5.26 Å². The average molecular weight is 277 g/mol. The zero-order chi connectivity index (χ0) is 14.9. The predicted octanol–water partition coefficient (Wildman–Crippen LogP) is 2.87. The number of aliphatic hydroxyl groups excluding tert-OH is 1. The highest BCUT2D eigenvalue weighted by molar-refractivity contribution is 5.42. The standard InChI is InChI=1S/C18H15NO2/c19-13-17-6-1-2-7-18(17)21-14-16-10-8-15(9-11-16)5-3-4-12-20/h1-2,6-11,20H,4,12,14H2. The van der Waals surface area contributed by atoms with E-state index in [2.05, 4.69) is 17.9 Å². The van der Waals surface area contributed by atoms with Crippen LogP contribution < -0.4 is 4.74 Å². The molecule has 3 nitrogen and oxygen atoms in total. The second-order valence-corrected chi connectivity index (χ2v) is 4.37. The molecule has 2 rings (SSSR count). The van der Waals surface area contributed by atoms with Gasteiger partial charge in [-0.3, -0.25) is 0 Å². The van der Waals surface area contributed by atoms with Crippen molar-refractivity contribution in [1.82, 2.24) is 0 Å². The topological polar surface area (TPSA) is 53.2 Å². The number of hydrogen-bond acceptors (Lipinski definition) is 3. The van der Waals surface area contributed by atoms with Gasteiger partial charge in [-0.25, -0.2) is 0 Å². The van der Waals surface area contributed by atoms with Gasteiger partial charge in [0, 0.05) is 12.0 Å². The maximum atomic E-state index is 8.99. The van der Waals surface area contributed by atoms with Gasteiger partial charge < -0.3 is 9.84 Å². The summed E-state index contributed by atoms with van der Waals surface area (Å²) in [4.78, 5) is 0. The predicted molar refractivity (Wildman–Crippen MR) is 80.5 cm³/mol. The Morgan fingerprint density at radius 2 is 1.81 bits per heavy atom. The molecule has 0 aliphatic rings. The van der Waals surface area contributed by atoms with Gasteiger partial charge in [0.15, 0.2) is 0 Å². The molecule has 0 unspecified atom stereocenters. The van der Waals surface area contributed by atoms with Gasteiger partial charge in [-0.15, -0.1) is 0 Å². The van der Waals surface area contributed by atoms with Gasteiger partial charge in [0.25, 0.3) is 0 Å². The van der Waals surface area contributed by atoms with Crippen LogP contribution in [-0.4, -0.2) is 11.7 Å². The molecule has 0 aliphatic carbocycles. The van der Waals surface area contributed by atoms with Crippen LogP contribution in [0.4, 0.5) is 0 Å². The van der Waals surface area contributed by atoms with E-state index in [1.54, 1.807) is 12.1 Å². The van der Waals surface area contributed by atoms with Gasteiger partial charge in [-0.05, 0) is 29.8 Å². The molecule has 0 bridgehead atoms. The van der Waals surface area contributed by atoms with Crippen LogP contribution in [0, 0.1) is 23.2 Å². The fourth-order valence-electron chi connectivity index (χ4n) is 1.75. The molecule has 104 valence electrons. The molecule has 2 aromatic rings. The number of rotatable bonds is 4. The lowest BCUT2D eigenvalue weighted by atomic mass is 10.1. The minimum absolute atomic E-state index is 0.0806. The molecule has 0 aliphatic heterocycles. The van der Waals surface area contributed by atoms with E-state index in [-0.39, 0.29) is 6.61 Å². The van der Waals surface area contributed by atoms with E-state index < -0.39 is 0 Å². The maximum absolute atomic E-state index is 8.99.